The van der Waals surface area contributed by atoms with Crippen molar-refractivity contribution >= 4 is 16.9 Å². The van der Waals surface area contributed by atoms with E-state index in [2.05, 4.69) is 15.0 Å². The Kier molecular flexibility index (Phi) is 2.26. The number of H-pyrrole nitrogens is 1. The third-order valence-electron chi connectivity index (χ3n) is 2.88. The molecular weight excluding hydrogens is 231 g/mol. The van der Waals surface area contributed by atoms with Gasteiger partial charge in [0.1, 0.15) is 11.6 Å². The van der Waals surface area contributed by atoms with E-state index < -0.39 is 5.82 Å². The molecule has 2 aromatic heterocycles. The van der Waals surface area contributed by atoms with Gasteiger partial charge in [0.25, 0.3) is 0 Å². The van der Waals surface area contributed by atoms with Crippen LogP contribution in [0.15, 0.2) is 30.5 Å². The van der Waals surface area contributed by atoms with Crippen LogP contribution in [0.5, 0.6) is 0 Å². The van der Waals surface area contributed by atoms with Crippen LogP contribution in [0, 0.1) is 12.7 Å². The summed E-state index contributed by atoms with van der Waals surface area (Å²) in [5.74, 6) is 0.00843. The van der Waals surface area contributed by atoms with Crippen LogP contribution in [0.4, 0.5) is 10.1 Å². The van der Waals surface area contributed by atoms with E-state index in [4.69, 9.17) is 5.73 Å². The molecule has 4 nitrogen and oxygen atoms in total. The second kappa shape index (κ2) is 3.80. The van der Waals surface area contributed by atoms with Crippen molar-refractivity contribution in [3.63, 3.8) is 0 Å². The average Bonchev–Trinajstić information content (AvgIpc) is 2.74. The number of aromatic amines is 1. The summed E-state index contributed by atoms with van der Waals surface area (Å²) in [6, 6.07) is 6.44. The Labute approximate surface area is 103 Å². The summed E-state index contributed by atoms with van der Waals surface area (Å²) < 4.78 is 13.8. The number of aryl methyl sites for hydroxylation is 1. The van der Waals surface area contributed by atoms with Gasteiger partial charge in [0, 0.05) is 11.9 Å². The lowest BCUT2D eigenvalue weighted by atomic mass is 10.1. The third-order valence-corrected chi connectivity index (χ3v) is 2.88. The van der Waals surface area contributed by atoms with Gasteiger partial charge in [-0.15, -0.1) is 0 Å². The minimum absolute atomic E-state index is 0.287. The predicted octanol–water partition coefficient (Wildman–Crippen LogP) is 2.65. The number of imidazole rings is 1. The topological polar surface area (TPSA) is 67.6 Å². The first-order valence-electron chi connectivity index (χ1n) is 5.52. The van der Waals surface area contributed by atoms with Gasteiger partial charge >= 0.3 is 0 Å². The largest absolute Gasteiger partial charge is 0.398 e. The van der Waals surface area contributed by atoms with Crippen LogP contribution in [0.2, 0.25) is 0 Å². The molecule has 0 radical (unpaired) electrons. The number of fused-ring (bicyclic) bond motifs is 1. The molecule has 0 spiro atoms. The van der Waals surface area contributed by atoms with E-state index >= 15 is 0 Å². The summed E-state index contributed by atoms with van der Waals surface area (Å²) in [4.78, 5) is 11.5. The number of nitrogens with zero attached hydrogens (tertiary/aromatic N) is 2. The fourth-order valence-corrected chi connectivity index (χ4v) is 1.94. The number of pyridine rings is 1. The van der Waals surface area contributed by atoms with Crippen LogP contribution in [0.1, 0.15) is 5.56 Å². The Balaban J connectivity index is 2.30. The number of rotatable bonds is 1. The van der Waals surface area contributed by atoms with Gasteiger partial charge in [-0.25, -0.2) is 14.4 Å². The maximum absolute atomic E-state index is 13.8. The third kappa shape index (κ3) is 1.52. The first kappa shape index (κ1) is 10.7. The fraction of sp³-hybridized carbons (Fsp3) is 0.0769. The molecule has 18 heavy (non-hydrogen) atoms. The van der Waals surface area contributed by atoms with Crippen molar-refractivity contribution in [1.29, 1.82) is 0 Å². The Bertz CT molecular complexity index is 713. The molecule has 0 saturated carbocycles. The number of nitrogen functional groups attached to an aromatic ring is 1. The molecule has 0 saturated heterocycles. The Morgan fingerprint density at radius 2 is 2.11 bits per heavy atom. The number of benzene rings is 1. The number of nitrogens with one attached hydrogen (secondary N) is 1. The summed E-state index contributed by atoms with van der Waals surface area (Å²) in [5, 5.41) is 0. The van der Waals surface area contributed by atoms with Crippen LogP contribution in [-0.4, -0.2) is 15.0 Å². The summed E-state index contributed by atoms with van der Waals surface area (Å²) in [5.41, 5.74) is 8.80. The first-order chi connectivity index (χ1) is 8.66. The lowest BCUT2D eigenvalue weighted by molar-refractivity contribution is 0.631. The molecule has 0 amide bonds. The minimum atomic E-state index is -0.397. The summed E-state index contributed by atoms with van der Waals surface area (Å²) in [6.07, 6.45) is 1.67. The van der Waals surface area contributed by atoms with E-state index in [0.29, 0.717) is 17.2 Å². The molecule has 0 bridgehead atoms. The van der Waals surface area contributed by atoms with Gasteiger partial charge < -0.3 is 10.7 Å². The van der Waals surface area contributed by atoms with E-state index in [9.17, 15) is 4.39 Å². The number of hydrogen-bond donors (Lipinski definition) is 2. The number of halogens is 1. The number of nitrogens with two attached hydrogens (primary N) is 1. The van der Waals surface area contributed by atoms with E-state index in [-0.39, 0.29) is 5.56 Å². The van der Waals surface area contributed by atoms with Crippen LogP contribution in [-0.2, 0) is 0 Å². The lowest BCUT2D eigenvalue weighted by Gasteiger charge is -2.02. The van der Waals surface area contributed by atoms with Crippen LogP contribution >= 0.6 is 0 Å². The normalized spacial score (nSPS) is 11.0. The Morgan fingerprint density at radius 1 is 1.28 bits per heavy atom. The highest BCUT2D eigenvalue weighted by Gasteiger charge is 2.14. The molecule has 90 valence electrons. The van der Waals surface area contributed by atoms with Gasteiger partial charge in [0.15, 0.2) is 5.65 Å². The maximum Gasteiger partial charge on any atom is 0.178 e. The average molecular weight is 242 g/mol. The second-order valence-corrected chi connectivity index (χ2v) is 4.12. The number of hydrogen-bond acceptors (Lipinski definition) is 3. The van der Waals surface area contributed by atoms with Crippen molar-refractivity contribution in [2.45, 2.75) is 6.92 Å². The van der Waals surface area contributed by atoms with Crippen LogP contribution in [0.25, 0.3) is 22.6 Å². The summed E-state index contributed by atoms with van der Waals surface area (Å²) in [7, 11) is 0. The standard InChI is InChI=1S/C13H11FN4/c1-7-5-6-16-13-11(7)17-12(18-13)10-8(14)3-2-4-9(10)15/h2-6H,15H2,1H3,(H,16,17,18). The van der Waals surface area contributed by atoms with Gasteiger partial charge in [0.05, 0.1) is 11.1 Å². The van der Waals surface area contributed by atoms with E-state index in [1.54, 1.807) is 18.3 Å². The molecule has 5 heteroatoms. The molecular formula is C13H11FN4. The molecule has 0 fully saturated rings. The van der Waals surface area contributed by atoms with Gasteiger partial charge in [-0.1, -0.05) is 6.07 Å². The molecule has 2 heterocycles. The molecule has 3 aromatic rings. The Hall–Kier alpha value is -2.43. The van der Waals surface area contributed by atoms with E-state index in [0.717, 1.165) is 11.1 Å². The summed E-state index contributed by atoms with van der Waals surface area (Å²) >= 11 is 0. The van der Waals surface area contributed by atoms with Crippen molar-refractivity contribution in [2.75, 3.05) is 5.73 Å². The SMILES string of the molecule is Cc1ccnc2nc(-c3c(N)cccc3F)[nH]c12. The molecule has 3 rings (SSSR count). The van der Waals surface area contributed by atoms with Gasteiger partial charge in [-0.05, 0) is 30.7 Å². The molecule has 0 aliphatic carbocycles. The molecule has 3 N–H and O–H groups in total. The predicted molar refractivity (Wildman–Crippen MR) is 68.4 cm³/mol. The van der Waals surface area contributed by atoms with Gasteiger partial charge in [0.2, 0.25) is 0 Å². The van der Waals surface area contributed by atoms with Crippen LogP contribution < -0.4 is 5.73 Å². The number of aromatic nitrogens is 3. The van der Waals surface area contributed by atoms with E-state index in [1.165, 1.54) is 6.07 Å². The first-order valence-corrected chi connectivity index (χ1v) is 5.52. The summed E-state index contributed by atoms with van der Waals surface area (Å²) in [6.45, 7) is 1.94. The minimum Gasteiger partial charge on any atom is -0.398 e. The zero-order valence-corrected chi connectivity index (χ0v) is 9.74. The molecule has 0 unspecified atom stereocenters. The monoisotopic (exact) mass is 242 g/mol. The Morgan fingerprint density at radius 3 is 2.83 bits per heavy atom. The molecule has 1 aromatic carbocycles. The zero-order chi connectivity index (χ0) is 12.7. The van der Waals surface area contributed by atoms with Crippen LogP contribution in [0.3, 0.4) is 0 Å². The van der Waals surface area contributed by atoms with E-state index in [1.807, 2.05) is 13.0 Å². The fourth-order valence-electron chi connectivity index (χ4n) is 1.94. The smallest absolute Gasteiger partial charge is 0.178 e. The van der Waals surface area contributed by atoms with Crippen molar-refractivity contribution < 1.29 is 4.39 Å². The lowest BCUT2D eigenvalue weighted by Crippen LogP contribution is -1.94. The molecule has 0 aliphatic heterocycles. The quantitative estimate of drug-likeness (QED) is 0.644. The second-order valence-electron chi connectivity index (χ2n) is 4.12. The zero-order valence-electron chi connectivity index (χ0n) is 9.74. The van der Waals surface area contributed by atoms with Crippen molar-refractivity contribution in [2.24, 2.45) is 0 Å². The highest BCUT2D eigenvalue weighted by atomic mass is 19.1. The highest BCUT2D eigenvalue weighted by molar-refractivity contribution is 5.82. The van der Waals surface area contributed by atoms with Crippen molar-refractivity contribution in [3.05, 3.63) is 41.8 Å². The number of anilines is 1. The molecule has 0 atom stereocenters. The van der Waals surface area contributed by atoms with Crippen molar-refractivity contribution in [3.8, 4) is 11.4 Å². The van der Waals surface area contributed by atoms with Crippen molar-refractivity contribution in [1.82, 2.24) is 15.0 Å². The van der Waals surface area contributed by atoms with Gasteiger partial charge in [-0.2, -0.15) is 0 Å². The maximum atomic E-state index is 13.8. The highest BCUT2D eigenvalue weighted by Crippen LogP contribution is 2.28. The van der Waals surface area contributed by atoms with Gasteiger partial charge in [-0.3, -0.25) is 0 Å². The molecule has 0 aliphatic rings.